The maximum atomic E-state index is 11.4. The Labute approximate surface area is 342 Å². The molecule has 57 heavy (non-hydrogen) atoms. The third-order valence-corrected chi connectivity index (χ3v) is 11.5. The summed E-state index contributed by atoms with van der Waals surface area (Å²) in [5.41, 5.74) is 0. The fourth-order valence-electron chi connectivity index (χ4n) is 7.84. The van der Waals surface area contributed by atoms with E-state index in [0.29, 0.717) is 6.42 Å². The highest BCUT2D eigenvalue weighted by Gasteiger charge is 2.47. The van der Waals surface area contributed by atoms with Gasteiger partial charge in [-0.05, 0) is 32.6 Å². The lowest BCUT2D eigenvalue weighted by Gasteiger charge is -2.42. The maximum absolute atomic E-state index is 11.4. The molecule has 0 amide bonds. The Morgan fingerprint density at radius 3 is 1.28 bits per heavy atom. The van der Waals surface area contributed by atoms with Crippen molar-refractivity contribution in [2.75, 3.05) is 41.7 Å². The lowest BCUT2D eigenvalue weighted by Crippen LogP contribution is -2.60. The molecule has 15 nitrogen and oxygen atoms in total. The van der Waals surface area contributed by atoms with Crippen LogP contribution < -0.4 is 0 Å². The van der Waals surface area contributed by atoms with Gasteiger partial charge in [0.25, 0.3) is 0 Å². The summed E-state index contributed by atoms with van der Waals surface area (Å²) < 4.78 is 44.9. The lowest BCUT2D eigenvalue weighted by atomic mass is 9.98. The van der Waals surface area contributed by atoms with Crippen LogP contribution in [0.4, 0.5) is 0 Å². The van der Waals surface area contributed by atoms with Gasteiger partial charge >= 0.3 is 5.97 Å². The van der Waals surface area contributed by atoms with E-state index in [4.69, 9.17) is 37.9 Å². The first kappa shape index (κ1) is 52.1. The van der Waals surface area contributed by atoms with E-state index in [2.05, 4.69) is 0 Å². The largest absolute Gasteiger partial charge is 0.469 e. The summed E-state index contributed by atoms with van der Waals surface area (Å²) in [4.78, 5) is 11.4. The van der Waals surface area contributed by atoms with E-state index in [1.165, 1.54) is 72.7 Å². The minimum Gasteiger partial charge on any atom is -0.469 e. The van der Waals surface area contributed by atoms with E-state index in [1.807, 2.05) is 6.92 Å². The first-order chi connectivity index (χ1) is 27.5. The smallest absolute Gasteiger partial charge is 0.308 e. The Hall–Kier alpha value is -1.05. The zero-order chi connectivity index (χ0) is 42.0. The Morgan fingerprint density at radius 2 is 0.895 bits per heavy atom. The molecule has 2 heterocycles. The molecule has 2 aliphatic heterocycles. The summed E-state index contributed by atoms with van der Waals surface area (Å²) in [6.45, 7) is 1.01. The van der Waals surface area contributed by atoms with Crippen LogP contribution in [0.5, 0.6) is 0 Å². The molecule has 0 aromatic heterocycles. The average Bonchev–Trinajstić information content (AvgIpc) is 3.21. The summed E-state index contributed by atoms with van der Waals surface area (Å²) >= 11 is 0. The molecule has 2 saturated heterocycles. The first-order valence-electron chi connectivity index (χ1n) is 21.8. The number of hydrogen-bond donors (Lipinski definition) is 6. The summed E-state index contributed by atoms with van der Waals surface area (Å²) in [7, 11) is 5.91. The van der Waals surface area contributed by atoms with Gasteiger partial charge in [0.15, 0.2) is 12.6 Å². The van der Waals surface area contributed by atoms with Gasteiger partial charge in [-0.25, -0.2) is 0 Å². The fraction of sp³-hybridized carbons (Fsp3) is 0.976. The van der Waals surface area contributed by atoms with Crippen LogP contribution in [-0.2, 0) is 42.7 Å². The number of ether oxygens (including phenoxy) is 8. The van der Waals surface area contributed by atoms with Crippen molar-refractivity contribution in [3.8, 4) is 0 Å². The highest BCUT2D eigenvalue weighted by Crippen LogP contribution is 2.29. The number of unbranched alkanes of at least 4 members (excludes halogenated alkanes) is 14. The molecule has 0 aliphatic carbocycles. The second-order valence-corrected chi connectivity index (χ2v) is 16.0. The van der Waals surface area contributed by atoms with E-state index < -0.39 is 74.6 Å². The average molecular weight is 825 g/mol. The maximum Gasteiger partial charge on any atom is 0.308 e. The standard InChI is InChI=1S/C42H80O15/c1-29(54-41-39(52-4)37(48)35(46)32(27-43)56-41)22-18-17-21-24-30(55-42-40(53-5)38(49)36(47)33(28-44)57-42)23-19-15-13-11-9-7-6-8-10-12-14-16-20-25-31(50-2)26-34(45)51-3/h29-33,35-44,46-49H,6-28H2,1-5H3/t29?,30?,31?,32-,33-,35-,36-,37+,38+,39-,40-,41-,42-/m1/s1. The van der Waals surface area contributed by atoms with Gasteiger partial charge in [-0.3, -0.25) is 4.79 Å². The summed E-state index contributed by atoms with van der Waals surface area (Å²) in [5, 5.41) is 60.9. The molecule has 2 fully saturated rings. The molecular weight excluding hydrogens is 744 g/mol. The molecule has 338 valence electrons. The van der Waals surface area contributed by atoms with Crippen LogP contribution in [0.3, 0.4) is 0 Å². The van der Waals surface area contributed by atoms with Gasteiger partial charge in [0.05, 0.1) is 45.1 Å². The summed E-state index contributed by atoms with van der Waals surface area (Å²) in [5.74, 6) is -0.220. The third kappa shape index (κ3) is 19.5. The molecule has 0 aromatic carbocycles. The number of carbonyl (C=O) groups excluding carboxylic acids is 1. The SMILES string of the molecule is COC(=O)CC(CCCCCCCCCCCCCCCC(CCCCCC(C)O[C@@H]1O[C@H](CO)[C@@H](O)[C@H](O)[C@H]1OC)O[C@@H]1O[C@H](CO)[C@@H](O)[C@H](O)[C@H]1OC)OC. The van der Waals surface area contributed by atoms with E-state index in [1.54, 1.807) is 7.11 Å². The van der Waals surface area contributed by atoms with Crippen molar-refractivity contribution in [1.82, 2.24) is 0 Å². The van der Waals surface area contributed by atoms with Crippen LogP contribution in [0.15, 0.2) is 0 Å². The lowest BCUT2D eigenvalue weighted by molar-refractivity contribution is -0.316. The van der Waals surface area contributed by atoms with Crippen LogP contribution in [0.1, 0.15) is 142 Å². The van der Waals surface area contributed by atoms with E-state index >= 15 is 0 Å². The van der Waals surface area contributed by atoms with Gasteiger partial charge in [-0.1, -0.05) is 103 Å². The second kappa shape index (κ2) is 30.9. The molecule has 0 radical (unpaired) electrons. The Kier molecular flexibility index (Phi) is 28.2. The zero-order valence-electron chi connectivity index (χ0n) is 35.6. The number of aliphatic hydroxyl groups is 6. The molecule has 13 atom stereocenters. The van der Waals surface area contributed by atoms with Gasteiger partial charge in [-0.15, -0.1) is 0 Å². The zero-order valence-corrected chi connectivity index (χ0v) is 35.6. The minimum atomic E-state index is -1.28. The molecule has 2 rings (SSSR count). The predicted octanol–water partition coefficient (Wildman–Crippen LogP) is 4.06. The number of esters is 1. The number of rotatable bonds is 33. The fourth-order valence-corrected chi connectivity index (χ4v) is 7.84. The van der Waals surface area contributed by atoms with Crippen LogP contribution >= 0.6 is 0 Å². The van der Waals surface area contributed by atoms with Gasteiger partial charge in [0.1, 0.15) is 48.8 Å². The molecule has 0 bridgehead atoms. The van der Waals surface area contributed by atoms with Crippen LogP contribution in [0, 0.1) is 0 Å². The highest BCUT2D eigenvalue weighted by atomic mass is 16.7. The molecule has 0 saturated carbocycles. The number of hydrogen-bond acceptors (Lipinski definition) is 15. The van der Waals surface area contributed by atoms with E-state index in [9.17, 15) is 35.4 Å². The van der Waals surface area contributed by atoms with Crippen molar-refractivity contribution >= 4 is 5.97 Å². The van der Waals surface area contributed by atoms with Crippen molar-refractivity contribution in [2.45, 2.75) is 221 Å². The van der Waals surface area contributed by atoms with Gasteiger partial charge < -0.3 is 68.5 Å². The van der Waals surface area contributed by atoms with Crippen LogP contribution in [0.2, 0.25) is 0 Å². The quantitative estimate of drug-likeness (QED) is 0.0407. The second-order valence-electron chi connectivity index (χ2n) is 16.0. The molecular formula is C42H80O15. The number of methoxy groups -OCH3 is 4. The first-order valence-corrected chi connectivity index (χ1v) is 21.8. The van der Waals surface area contributed by atoms with Gasteiger partial charge in [0.2, 0.25) is 0 Å². The normalized spacial score (nSPS) is 29.6. The monoisotopic (exact) mass is 825 g/mol. The Balaban J connectivity index is 1.70. The Bertz CT molecular complexity index is 993. The Morgan fingerprint density at radius 1 is 0.526 bits per heavy atom. The van der Waals surface area contributed by atoms with Crippen molar-refractivity contribution in [3.63, 3.8) is 0 Å². The predicted molar refractivity (Wildman–Crippen MR) is 212 cm³/mol. The number of carbonyl (C=O) groups is 1. The minimum absolute atomic E-state index is 0.0521. The van der Waals surface area contributed by atoms with Crippen molar-refractivity contribution in [3.05, 3.63) is 0 Å². The molecule has 15 heteroatoms. The third-order valence-electron chi connectivity index (χ3n) is 11.5. The number of aliphatic hydroxyl groups excluding tert-OH is 6. The van der Waals surface area contributed by atoms with E-state index in [0.717, 1.165) is 77.0 Å². The molecule has 0 aromatic rings. The highest BCUT2D eigenvalue weighted by molar-refractivity contribution is 5.69. The molecule has 0 spiro atoms. The van der Waals surface area contributed by atoms with Crippen molar-refractivity contribution < 1.29 is 73.3 Å². The van der Waals surface area contributed by atoms with Crippen LogP contribution in [0.25, 0.3) is 0 Å². The molecule has 3 unspecified atom stereocenters. The molecule has 2 aliphatic rings. The topological polar surface area (TPSA) is 212 Å². The van der Waals surface area contributed by atoms with Crippen molar-refractivity contribution in [2.24, 2.45) is 0 Å². The summed E-state index contributed by atoms with van der Waals surface area (Å²) in [6, 6.07) is 0. The van der Waals surface area contributed by atoms with Gasteiger partial charge in [0, 0.05) is 21.3 Å². The van der Waals surface area contributed by atoms with Gasteiger partial charge in [-0.2, -0.15) is 0 Å². The van der Waals surface area contributed by atoms with Crippen LogP contribution in [-0.4, -0.2) is 158 Å². The summed E-state index contributed by atoms with van der Waals surface area (Å²) in [6.07, 6.45) is 10.5. The molecule has 6 N–H and O–H groups in total. The van der Waals surface area contributed by atoms with E-state index in [-0.39, 0.29) is 24.3 Å². The van der Waals surface area contributed by atoms with Crippen molar-refractivity contribution in [1.29, 1.82) is 0 Å².